The van der Waals surface area contributed by atoms with Gasteiger partial charge in [0.2, 0.25) is 0 Å². The highest BCUT2D eigenvalue weighted by Gasteiger charge is 2.19. The molecule has 0 spiro atoms. The summed E-state index contributed by atoms with van der Waals surface area (Å²) in [6.45, 7) is 11.5. The van der Waals surface area contributed by atoms with Gasteiger partial charge in [-0.05, 0) is 48.6 Å². The fourth-order valence-corrected chi connectivity index (χ4v) is 5.65. The quantitative estimate of drug-likeness (QED) is 0.509. The fourth-order valence-electron chi connectivity index (χ4n) is 4.42. The lowest BCUT2D eigenvalue weighted by Crippen LogP contribution is -2.28. The van der Waals surface area contributed by atoms with Crippen molar-refractivity contribution in [3.63, 3.8) is 0 Å². The molecule has 2 heterocycles. The number of aromatic nitrogens is 2. The summed E-state index contributed by atoms with van der Waals surface area (Å²) in [6.07, 6.45) is 4.48. The number of hydrogen-bond acceptors (Lipinski definition) is 4. The molecule has 0 atom stereocenters. The van der Waals surface area contributed by atoms with Crippen LogP contribution in [0.4, 0.5) is 0 Å². The molecule has 1 aliphatic carbocycles. The molecule has 0 N–H and O–H groups in total. The molecular formula is C25H33N3OS. The van der Waals surface area contributed by atoms with Gasteiger partial charge < -0.3 is 0 Å². The third-order valence-electron chi connectivity index (χ3n) is 5.88. The highest BCUT2D eigenvalue weighted by molar-refractivity contribution is 7.17. The molecule has 0 unspecified atom stereocenters. The van der Waals surface area contributed by atoms with Gasteiger partial charge in [0.05, 0.1) is 5.69 Å². The highest BCUT2D eigenvalue weighted by Crippen LogP contribution is 2.28. The summed E-state index contributed by atoms with van der Waals surface area (Å²) in [7, 11) is 0. The monoisotopic (exact) mass is 423 g/mol. The number of aryl methyl sites for hydroxylation is 2. The second kappa shape index (κ2) is 9.03. The Labute approximate surface area is 183 Å². The predicted octanol–water partition coefficient (Wildman–Crippen LogP) is 5.42. The lowest BCUT2D eigenvalue weighted by Gasteiger charge is -2.24. The van der Waals surface area contributed by atoms with Crippen molar-refractivity contribution in [2.75, 3.05) is 6.54 Å². The van der Waals surface area contributed by atoms with Gasteiger partial charge in [0, 0.05) is 36.3 Å². The molecule has 0 aliphatic heterocycles. The molecule has 0 saturated carbocycles. The molecule has 4 nitrogen and oxygen atoms in total. The average molecular weight is 424 g/mol. The van der Waals surface area contributed by atoms with Gasteiger partial charge in [0.15, 0.2) is 4.96 Å². The smallest absolute Gasteiger partial charge is 0.259 e. The van der Waals surface area contributed by atoms with Gasteiger partial charge in [-0.2, -0.15) is 0 Å². The van der Waals surface area contributed by atoms with Crippen LogP contribution in [-0.2, 0) is 25.9 Å². The van der Waals surface area contributed by atoms with E-state index < -0.39 is 0 Å². The largest absolute Gasteiger partial charge is 0.293 e. The van der Waals surface area contributed by atoms with Crippen LogP contribution in [0.15, 0.2) is 35.1 Å². The van der Waals surface area contributed by atoms with E-state index in [0.29, 0.717) is 18.4 Å². The Morgan fingerprint density at radius 3 is 2.50 bits per heavy atom. The third kappa shape index (κ3) is 4.68. The van der Waals surface area contributed by atoms with Crippen LogP contribution < -0.4 is 5.56 Å². The number of hydrogen-bond donors (Lipinski definition) is 0. The second-order valence-electron chi connectivity index (χ2n) is 9.34. The number of rotatable bonds is 7. The molecule has 3 aromatic rings. The standard InChI is InChI=1S/C25H33N3OS/c1-17(2)14-27(15-19-9-11-20(12-10-19)18(3)4)16-21-13-24(29)28-22-7-5-6-8-23(22)30-25(28)26-21/h9-13,17-18H,5-8,14-16H2,1-4H3. The van der Waals surface area contributed by atoms with E-state index in [0.717, 1.165) is 36.6 Å². The maximum Gasteiger partial charge on any atom is 0.259 e. The predicted molar refractivity (Wildman–Crippen MR) is 125 cm³/mol. The lowest BCUT2D eigenvalue weighted by atomic mass is 10.0. The molecule has 0 radical (unpaired) electrons. The van der Waals surface area contributed by atoms with Crippen molar-refractivity contribution in [3.8, 4) is 0 Å². The molecule has 0 bridgehead atoms. The summed E-state index contributed by atoms with van der Waals surface area (Å²) >= 11 is 1.71. The van der Waals surface area contributed by atoms with Gasteiger partial charge in [0.25, 0.3) is 5.56 Å². The van der Waals surface area contributed by atoms with Crippen LogP contribution in [0.25, 0.3) is 4.96 Å². The van der Waals surface area contributed by atoms with E-state index in [2.05, 4.69) is 56.9 Å². The zero-order valence-electron chi connectivity index (χ0n) is 18.6. The van der Waals surface area contributed by atoms with Gasteiger partial charge in [-0.1, -0.05) is 52.0 Å². The Balaban J connectivity index is 1.58. The Kier molecular flexibility index (Phi) is 6.40. The van der Waals surface area contributed by atoms with Crippen LogP contribution >= 0.6 is 11.3 Å². The molecule has 4 rings (SSSR count). The normalized spacial score (nSPS) is 14.2. The minimum absolute atomic E-state index is 0.0835. The Hall–Kier alpha value is -1.98. The molecule has 0 amide bonds. The Bertz CT molecular complexity index is 1060. The topological polar surface area (TPSA) is 37.6 Å². The highest BCUT2D eigenvalue weighted by atomic mass is 32.1. The van der Waals surface area contributed by atoms with E-state index in [1.54, 1.807) is 17.4 Å². The fraction of sp³-hybridized carbons (Fsp3) is 0.520. The molecule has 160 valence electrons. The molecular weight excluding hydrogens is 390 g/mol. The first kappa shape index (κ1) is 21.3. The van der Waals surface area contributed by atoms with E-state index in [1.165, 1.54) is 34.5 Å². The average Bonchev–Trinajstić information content (AvgIpc) is 3.06. The van der Waals surface area contributed by atoms with Crippen molar-refractivity contribution in [3.05, 3.63) is 68.1 Å². The summed E-state index contributed by atoms with van der Waals surface area (Å²) in [5, 5.41) is 0. The van der Waals surface area contributed by atoms with Crippen LogP contribution in [0, 0.1) is 5.92 Å². The van der Waals surface area contributed by atoms with Gasteiger partial charge in [-0.25, -0.2) is 4.98 Å². The third-order valence-corrected chi connectivity index (χ3v) is 7.02. The summed E-state index contributed by atoms with van der Waals surface area (Å²) in [6, 6.07) is 10.7. The summed E-state index contributed by atoms with van der Waals surface area (Å²) in [5.74, 6) is 1.10. The van der Waals surface area contributed by atoms with E-state index >= 15 is 0 Å². The van der Waals surface area contributed by atoms with E-state index in [-0.39, 0.29) is 5.56 Å². The molecule has 1 aromatic carbocycles. The van der Waals surface area contributed by atoms with Crippen LogP contribution in [0.1, 0.15) is 73.8 Å². The minimum atomic E-state index is 0.0835. The molecule has 0 fully saturated rings. The SMILES string of the molecule is CC(C)CN(Cc1ccc(C(C)C)cc1)Cc1cc(=O)n2c3c(sc2n1)CCCC3. The maximum absolute atomic E-state index is 12.9. The number of thiazole rings is 1. The van der Waals surface area contributed by atoms with Crippen LogP contribution in [0.2, 0.25) is 0 Å². The maximum atomic E-state index is 12.9. The first-order valence-corrected chi connectivity index (χ1v) is 12.1. The van der Waals surface area contributed by atoms with E-state index in [1.807, 2.05) is 4.40 Å². The van der Waals surface area contributed by atoms with Gasteiger partial charge in [-0.3, -0.25) is 14.1 Å². The Morgan fingerprint density at radius 2 is 1.80 bits per heavy atom. The molecule has 0 saturated heterocycles. The Morgan fingerprint density at radius 1 is 1.07 bits per heavy atom. The minimum Gasteiger partial charge on any atom is -0.293 e. The van der Waals surface area contributed by atoms with Gasteiger partial charge >= 0.3 is 0 Å². The first-order chi connectivity index (χ1) is 14.4. The van der Waals surface area contributed by atoms with Crippen molar-refractivity contribution in [1.82, 2.24) is 14.3 Å². The molecule has 30 heavy (non-hydrogen) atoms. The lowest BCUT2D eigenvalue weighted by molar-refractivity contribution is 0.225. The van der Waals surface area contributed by atoms with Crippen molar-refractivity contribution in [2.24, 2.45) is 5.92 Å². The first-order valence-electron chi connectivity index (χ1n) is 11.2. The van der Waals surface area contributed by atoms with E-state index in [9.17, 15) is 4.79 Å². The molecule has 2 aromatic heterocycles. The summed E-state index contributed by atoms with van der Waals surface area (Å²) in [4.78, 5) is 22.5. The van der Waals surface area contributed by atoms with Crippen molar-refractivity contribution in [2.45, 2.75) is 72.4 Å². The zero-order valence-corrected chi connectivity index (χ0v) is 19.5. The van der Waals surface area contributed by atoms with E-state index in [4.69, 9.17) is 4.98 Å². The van der Waals surface area contributed by atoms with Crippen LogP contribution in [0.5, 0.6) is 0 Å². The van der Waals surface area contributed by atoms with Crippen LogP contribution in [0.3, 0.4) is 0 Å². The van der Waals surface area contributed by atoms with Crippen molar-refractivity contribution in [1.29, 1.82) is 0 Å². The van der Waals surface area contributed by atoms with Gasteiger partial charge in [0.1, 0.15) is 0 Å². The van der Waals surface area contributed by atoms with Crippen LogP contribution in [-0.4, -0.2) is 20.8 Å². The number of fused-ring (bicyclic) bond motifs is 3. The number of benzene rings is 1. The number of nitrogens with zero attached hydrogens (tertiary/aromatic N) is 3. The second-order valence-corrected chi connectivity index (χ2v) is 10.4. The summed E-state index contributed by atoms with van der Waals surface area (Å²) < 4.78 is 1.86. The summed E-state index contributed by atoms with van der Waals surface area (Å²) in [5.41, 5.74) is 4.85. The molecule has 1 aliphatic rings. The molecule has 5 heteroatoms. The van der Waals surface area contributed by atoms with Gasteiger partial charge in [-0.15, -0.1) is 11.3 Å². The zero-order chi connectivity index (χ0) is 21.3. The van der Waals surface area contributed by atoms with Crippen molar-refractivity contribution < 1.29 is 0 Å². The van der Waals surface area contributed by atoms with Crippen molar-refractivity contribution >= 4 is 16.3 Å².